The first-order valence-corrected chi connectivity index (χ1v) is 10.8. The average Bonchev–Trinajstić information content (AvgIpc) is 2.67. The fraction of sp³-hybridized carbons (Fsp3) is 0.900. The number of rotatable bonds is 9. The lowest BCUT2D eigenvalue weighted by atomic mass is 9.95. The fourth-order valence-electron chi connectivity index (χ4n) is 3.72. The van der Waals surface area contributed by atoms with Crippen molar-refractivity contribution in [3.8, 4) is 0 Å². The smallest absolute Gasteiger partial charge is 0.221 e. The molecule has 0 aromatic rings. The first-order valence-electron chi connectivity index (χ1n) is 10.8. The Morgan fingerprint density at radius 2 is 1.93 bits per heavy atom. The molecule has 8 nitrogen and oxygen atoms in total. The zero-order valence-electron chi connectivity index (χ0n) is 17.6. The Morgan fingerprint density at radius 3 is 2.61 bits per heavy atom. The molecule has 1 saturated heterocycles. The van der Waals surface area contributed by atoms with Crippen molar-refractivity contribution in [3.63, 3.8) is 0 Å². The Balaban J connectivity index is 1.71. The molecule has 0 aromatic heterocycles. The third-order valence-electron chi connectivity index (χ3n) is 5.20. The van der Waals surface area contributed by atoms with Crippen LogP contribution in [0.4, 0.5) is 0 Å². The number of carbonyl (C=O) groups excluding carboxylic acids is 1. The van der Waals surface area contributed by atoms with E-state index in [4.69, 9.17) is 4.74 Å². The van der Waals surface area contributed by atoms with Gasteiger partial charge in [-0.1, -0.05) is 19.3 Å². The van der Waals surface area contributed by atoms with Crippen LogP contribution in [-0.4, -0.2) is 86.0 Å². The summed E-state index contributed by atoms with van der Waals surface area (Å²) in [6.45, 7) is 9.05. The van der Waals surface area contributed by atoms with Crippen molar-refractivity contribution in [2.45, 2.75) is 64.0 Å². The summed E-state index contributed by atoms with van der Waals surface area (Å²) < 4.78 is 5.35. The van der Waals surface area contributed by atoms with Gasteiger partial charge in [-0.15, -0.1) is 0 Å². The number of guanidine groups is 1. The van der Waals surface area contributed by atoms with Gasteiger partial charge >= 0.3 is 0 Å². The number of amides is 1. The van der Waals surface area contributed by atoms with E-state index >= 15 is 0 Å². The molecule has 2 aliphatic rings. The van der Waals surface area contributed by atoms with E-state index < -0.39 is 5.60 Å². The quantitative estimate of drug-likeness (QED) is 0.333. The van der Waals surface area contributed by atoms with Gasteiger partial charge < -0.3 is 25.8 Å². The van der Waals surface area contributed by atoms with Crippen LogP contribution in [0.1, 0.15) is 52.4 Å². The molecule has 1 aliphatic carbocycles. The van der Waals surface area contributed by atoms with E-state index in [1.165, 1.54) is 19.3 Å². The standard InChI is InChI=1S/C20H39N5O3/c1-3-21-19(22-10-9-18(26)24-17-7-5-4-6-8-17)23-15-20(2,27)16-25-11-13-28-14-12-25/h17,27H,3-16H2,1-2H3,(H,24,26)(H2,21,22,23). The summed E-state index contributed by atoms with van der Waals surface area (Å²) in [5.41, 5.74) is -0.905. The van der Waals surface area contributed by atoms with Crippen molar-refractivity contribution in [1.82, 2.24) is 20.9 Å². The predicted molar refractivity (Wildman–Crippen MR) is 111 cm³/mol. The van der Waals surface area contributed by atoms with E-state index in [-0.39, 0.29) is 5.91 Å². The lowest BCUT2D eigenvalue weighted by Gasteiger charge is -2.33. The zero-order chi connectivity index (χ0) is 20.2. The summed E-state index contributed by atoms with van der Waals surface area (Å²) in [5, 5.41) is 20.2. The third-order valence-corrected chi connectivity index (χ3v) is 5.20. The molecule has 0 aromatic carbocycles. The van der Waals surface area contributed by atoms with Crippen LogP contribution in [0.25, 0.3) is 0 Å². The van der Waals surface area contributed by atoms with Crippen LogP contribution in [0.2, 0.25) is 0 Å². The molecule has 0 radical (unpaired) electrons. The minimum atomic E-state index is -0.905. The lowest BCUT2D eigenvalue weighted by Crippen LogP contribution is -2.48. The SMILES string of the molecule is CCNC(=NCC(C)(O)CN1CCOCC1)NCCC(=O)NC1CCCCC1. The normalized spacial score (nSPS) is 21.8. The Bertz CT molecular complexity index is 486. The number of aliphatic imine (C=N–C) groups is 1. The van der Waals surface area contributed by atoms with Crippen molar-refractivity contribution in [3.05, 3.63) is 0 Å². The maximum Gasteiger partial charge on any atom is 0.221 e. The Morgan fingerprint density at radius 1 is 1.21 bits per heavy atom. The van der Waals surface area contributed by atoms with Gasteiger partial charge in [0.1, 0.15) is 0 Å². The molecular weight excluding hydrogens is 358 g/mol. The molecular formula is C20H39N5O3. The van der Waals surface area contributed by atoms with Crippen molar-refractivity contribution >= 4 is 11.9 Å². The van der Waals surface area contributed by atoms with Crippen molar-refractivity contribution in [1.29, 1.82) is 0 Å². The van der Waals surface area contributed by atoms with E-state index in [0.717, 1.165) is 32.5 Å². The largest absolute Gasteiger partial charge is 0.387 e. The molecule has 1 aliphatic heterocycles. The number of nitrogens with zero attached hydrogens (tertiary/aromatic N) is 2. The van der Waals surface area contributed by atoms with Crippen LogP contribution in [0.3, 0.4) is 0 Å². The number of hydrogen-bond acceptors (Lipinski definition) is 5. The van der Waals surface area contributed by atoms with Crippen LogP contribution in [0.15, 0.2) is 4.99 Å². The van der Waals surface area contributed by atoms with E-state index in [1.807, 2.05) is 13.8 Å². The van der Waals surface area contributed by atoms with E-state index in [0.29, 0.717) is 51.3 Å². The highest BCUT2D eigenvalue weighted by Crippen LogP contribution is 2.17. The molecule has 0 bridgehead atoms. The number of hydrogen-bond donors (Lipinski definition) is 4. The molecule has 0 spiro atoms. The Hall–Kier alpha value is -1.38. The molecule has 8 heteroatoms. The number of carbonyl (C=O) groups is 1. The summed E-state index contributed by atoms with van der Waals surface area (Å²) in [4.78, 5) is 18.8. The van der Waals surface area contributed by atoms with Crippen LogP contribution >= 0.6 is 0 Å². The minimum Gasteiger partial charge on any atom is -0.387 e. The molecule has 2 fully saturated rings. The van der Waals surface area contributed by atoms with Crippen LogP contribution in [0.5, 0.6) is 0 Å². The van der Waals surface area contributed by atoms with E-state index in [2.05, 4.69) is 25.8 Å². The molecule has 1 heterocycles. The minimum absolute atomic E-state index is 0.0922. The summed E-state index contributed by atoms with van der Waals surface area (Å²) in [6.07, 6.45) is 6.33. The third kappa shape index (κ3) is 9.21. The van der Waals surface area contributed by atoms with Crippen LogP contribution in [0, 0.1) is 0 Å². The maximum absolute atomic E-state index is 12.1. The highest BCUT2D eigenvalue weighted by molar-refractivity contribution is 5.81. The number of morpholine rings is 1. The highest BCUT2D eigenvalue weighted by atomic mass is 16.5. The average molecular weight is 398 g/mol. The van der Waals surface area contributed by atoms with Gasteiger partial charge in [0, 0.05) is 45.2 Å². The van der Waals surface area contributed by atoms with Crippen molar-refractivity contribution in [2.24, 2.45) is 4.99 Å². The number of aliphatic hydroxyl groups is 1. The summed E-state index contributed by atoms with van der Waals surface area (Å²) in [6, 6.07) is 0.346. The van der Waals surface area contributed by atoms with Crippen molar-refractivity contribution in [2.75, 3.05) is 52.5 Å². The first kappa shape index (κ1) is 22.9. The zero-order valence-corrected chi connectivity index (χ0v) is 17.6. The van der Waals surface area contributed by atoms with E-state index in [1.54, 1.807) is 0 Å². The lowest BCUT2D eigenvalue weighted by molar-refractivity contribution is -0.121. The predicted octanol–water partition coefficient (Wildman–Crippen LogP) is 0.464. The molecule has 162 valence electrons. The van der Waals surface area contributed by atoms with Gasteiger partial charge in [0.05, 0.1) is 25.4 Å². The highest BCUT2D eigenvalue weighted by Gasteiger charge is 2.25. The van der Waals surface area contributed by atoms with Gasteiger partial charge in [-0.25, -0.2) is 0 Å². The number of ether oxygens (including phenoxy) is 1. The van der Waals surface area contributed by atoms with E-state index in [9.17, 15) is 9.90 Å². The molecule has 1 saturated carbocycles. The molecule has 1 amide bonds. The summed E-state index contributed by atoms with van der Waals surface area (Å²) in [7, 11) is 0. The monoisotopic (exact) mass is 397 g/mol. The van der Waals surface area contributed by atoms with Gasteiger partial charge in [0.15, 0.2) is 5.96 Å². The van der Waals surface area contributed by atoms with Gasteiger partial charge in [-0.2, -0.15) is 0 Å². The summed E-state index contributed by atoms with van der Waals surface area (Å²) in [5.74, 6) is 0.727. The van der Waals surface area contributed by atoms with Crippen LogP contribution < -0.4 is 16.0 Å². The number of β-amino-alcohol motifs (C(OH)–C–C–N with tert-alkyl or cyclic N) is 1. The molecule has 28 heavy (non-hydrogen) atoms. The molecule has 2 rings (SSSR count). The topological polar surface area (TPSA) is 98.2 Å². The van der Waals surface area contributed by atoms with Crippen LogP contribution in [-0.2, 0) is 9.53 Å². The second-order valence-electron chi connectivity index (χ2n) is 8.16. The Kier molecular flexibility index (Phi) is 10.0. The molecule has 1 atom stereocenters. The number of nitrogens with one attached hydrogen (secondary N) is 3. The fourth-order valence-corrected chi connectivity index (χ4v) is 3.72. The maximum atomic E-state index is 12.1. The van der Waals surface area contributed by atoms with Gasteiger partial charge in [0.2, 0.25) is 5.91 Å². The Labute approximate surface area is 169 Å². The first-order chi connectivity index (χ1) is 13.5. The van der Waals surface area contributed by atoms with Gasteiger partial charge in [-0.05, 0) is 26.7 Å². The molecule has 4 N–H and O–H groups in total. The van der Waals surface area contributed by atoms with Gasteiger partial charge in [-0.3, -0.25) is 14.7 Å². The molecule has 1 unspecified atom stereocenters. The summed E-state index contributed by atoms with van der Waals surface area (Å²) >= 11 is 0. The van der Waals surface area contributed by atoms with Crippen molar-refractivity contribution < 1.29 is 14.6 Å². The second kappa shape index (κ2) is 12.2. The second-order valence-corrected chi connectivity index (χ2v) is 8.16. The van der Waals surface area contributed by atoms with Gasteiger partial charge in [0.25, 0.3) is 0 Å².